The number of rotatable bonds is 13. The number of aliphatic carboxylic acids is 1. The first-order chi connectivity index (χ1) is 43.8. The number of hydrogen-bond donors (Lipinski definition) is 17. The van der Waals surface area contributed by atoms with E-state index in [-0.39, 0.29) is 19.4 Å². The average molecular weight is 1300 g/mol. The third-order valence-corrected chi connectivity index (χ3v) is 16.7. The fourth-order valence-electron chi connectivity index (χ4n) is 11.3. The summed E-state index contributed by atoms with van der Waals surface area (Å²) in [4.78, 5) is 177. The summed E-state index contributed by atoms with van der Waals surface area (Å²) >= 11 is 0. The zero-order valence-corrected chi connectivity index (χ0v) is 52.3. The van der Waals surface area contributed by atoms with Crippen LogP contribution >= 0.6 is 0 Å². The van der Waals surface area contributed by atoms with Crippen molar-refractivity contribution in [1.82, 2.24) is 62.3 Å². The number of carbonyl (C=O) groups excluding carboxylic acids is 11. The highest BCUT2D eigenvalue weighted by molar-refractivity contribution is 6.07. The summed E-state index contributed by atoms with van der Waals surface area (Å²) in [6.45, 7) is 8.81. The second-order valence-electron chi connectivity index (χ2n) is 24.1. The fraction of sp³-hybridized carbons (Fsp3) is 0.508. The lowest BCUT2D eigenvalue weighted by Gasteiger charge is -2.35. The number of ether oxygens (including phenoxy) is 1. The van der Waals surface area contributed by atoms with Crippen molar-refractivity contribution in [1.29, 1.82) is 0 Å². The van der Waals surface area contributed by atoms with Crippen LogP contribution in [0.5, 0.6) is 0 Å². The molecule has 10 amide bonds. The van der Waals surface area contributed by atoms with Gasteiger partial charge in [0.1, 0.15) is 60.1 Å². The van der Waals surface area contributed by atoms with Gasteiger partial charge in [-0.15, -0.1) is 0 Å². The van der Waals surface area contributed by atoms with Gasteiger partial charge in [0.25, 0.3) is 5.91 Å². The third kappa shape index (κ3) is 16.7. The number of aryl methyl sites for hydroxylation is 2. The second kappa shape index (κ2) is 30.4. The average Bonchev–Trinajstić information content (AvgIpc) is 1.73. The molecule has 7 rings (SSSR count). The van der Waals surface area contributed by atoms with Crippen LogP contribution in [0.4, 0.5) is 0 Å². The van der Waals surface area contributed by atoms with Crippen LogP contribution in [0.25, 0.3) is 27.9 Å². The molecule has 5 heterocycles. The standard InChI is InChI=1S/C61H81N13O19/c1-25(2)51(81)48-59(89)74-16-14-42(78)50(74)61(92)93-31(8)47(71-54(84)40(24-75)67-43(79)20-36(62)60(90)91)57(87)70-46(30(7)76)56(86)66-29(6)52(82)65-23-44(80)73-15-13-41(77)49(73)58(88)68-39(19-32-21-63-37-11-9-26(3)17-33(32)37)53(83)69-45(55(85)72-48)28(5)35-22-64-38-12-10-27(4)18-34(35)38/h9-12,17-19,21-22,25,28-31,36,40-42,45-51,63-64,75-78,81H,13-16,20,23-24,62H2,1-8H3,(H,65,82)(H,66,86)(H,67,79)(H,68,88)(H,69,83)(H,70,87)(H,71,84)(H,72,85)(H,90,91)/b39-19+. The molecule has 0 aliphatic carbocycles. The van der Waals surface area contributed by atoms with Gasteiger partial charge in [0.05, 0.1) is 44.0 Å². The number of cyclic esters (lactones) is 1. The number of benzene rings is 2. The molecule has 93 heavy (non-hydrogen) atoms. The van der Waals surface area contributed by atoms with Crippen LogP contribution in [0.1, 0.15) is 89.0 Å². The summed E-state index contributed by atoms with van der Waals surface area (Å²) in [5.74, 6) is -16.5. The zero-order valence-electron chi connectivity index (χ0n) is 52.3. The van der Waals surface area contributed by atoms with Gasteiger partial charge in [0, 0.05) is 58.8 Å². The Balaban J connectivity index is 1.33. The number of aromatic amines is 2. The van der Waals surface area contributed by atoms with Gasteiger partial charge in [-0.3, -0.25) is 52.7 Å². The number of esters is 1. The SMILES string of the molecule is Cc1ccc2[nH]cc(/C=C3/NC(=O)C4C(O)CCN4C(=O)CNC(=O)C(C)NC(=O)C(C(C)O)NC(=O)C(NC(=O)C(CO)NC(=O)CC(N)C(=O)O)C(C)OC(=O)C4C(O)CCN4C(=O)C(C(O)C(C)C)NC(=O)C(C(C)c4c[nH]c5ccc(C)cc45)NC3=O)c2c1. The van der Waals surface area contributed by atoms with Gasteiger partial charge in [0.15, 0.2) is 6.04 Å². The van der Waals surface area contributed by atoms with Crippen molar-refractivity contribution >= 4 is 98.9 Å². The molecule has 18 N–H and O–H groups in total. The number of nitrogens with one attached hydrogen (secondary N) is 10. The van der Waals surface area contributed by atoms with Gasteiger partial charge >= 0.3 is 11.9 Å². The molecule has 3 fully saturated rings. The van der Waals surface area contributed by atoms with E-state index < -0.39 is 200 Å². The summed E-state index contributed by atoms with van der Waals surface area (Å²) in [5, 5.41) is 85.3. The van der Waals surface area contributed by atoms with Crippen molar-refractivity contribution in [3.8, 4) is 0 Å². The molecule has 0 bridgehead atoms. The van der Waals surface area contributed by atoms with E-state index in [4.69, 9.17) is 10.5 Å². The molecule has 3 aliphatic rings. The summed E-state index contributed by atoms with van der Waals surface area (Å²) in [7, 11) is 0. The Bertz CT molecular complexity index is 3570. The van der Waals surface area contributed by atoms with E-state index in [2.05, 4.69) is 52.5 Å². The number of aliphatic hydroxyl groups is 5. The maximum absolute atomic E-state index is 15.4. The third-order valence-electron chi connectivity index (χ3n) is 16.7. The van der Waals surface area contributed by atoms with Gasteiger partial charge in [-0.05, 0) is 89.3 Å². The predicted molar refractivity (Wildman–Crippen MR) is 329 cm³/mol. The van der Waals surface area contributed by atoms with E-state index in [9.17, 15) is 73.8 Å². The minimum atomic E-state index is -2.19. The number of hydrogen-bond acceptors (Lipinski definition) is 19. The summed E-state index contributed by atoms with van der Waals surface area (Å²) < 4.78 is 5.71. The Morgan fingerprint density at radius 1 is 0.742 bits per heavy atom. The second-order valence-corrected chi connectivity index (χ2v) is 24.1. The Kier molecular flexibility index (Phi) is 23.2. The molecule has 15 atom stereocenters. The van der Waals surface area contributed by atoms with Gasteiger partial charge in [0.2, 0.25) is 53.2 Å². The highest BCUT2D eigenvalue weighted by Crippen LogP contribution is 2.31. The molecule has 2 aromatic heterocycles. The van der Waals surface area contributed by atoms with E-state index >= 15 is 14.4 Å². The van der Waals surface area contributed by atoms with Crippen molar-refractivity contribution in [2.24, 2.45) is 11.7 Å². The molecule has 0 saturated carbocycles. The molecule has 0 radical (unpaired) electrons. The molecule has 32 heteroatoms. The molecule has 15 unspecified atom stereocenters. The molecular formula is C61H81N13O19. The maximum Gasteiger partial charge on any atom is 0.331 e. The number of nitrogens with two attached hydrogens (primary N) is 1. The molecular weight excluding hydrogens is 1220 g/mol. The largest absolute Gasteiger partial charge is 0.480 e. The van der Waals surface area contributed by atoms with E-state index in [0.29, 0.717) is 32.9 Å². The molecule has 504 valence electrons. The lowest BCUT2D eigenvalue weighted by Crippen LogP contribution is -2.64. The van der Waals surface area contributed by atoms with Crippen LogP contribution in [0.2, 0.25) is 0 Å². The van der Waals surface area contributed by atoms with Crippen LogP contribution < -0.4 is 48.3 Å². The summed E-state index contributed by atoms with van der Waals surface area (Å²) in [6, 6.07) is -6.00. The first-order valence-electron chi connectivity index (χ1n) is 30.2. The first kappa shape index (κ1) is 71.1. The monoisotopic (exact) mass is 1300 g/mol. The Hall–Kier alpha value is -9.34. The molecule has 0 spiro atoms. The number of aromatic nitrogens is 2. The first-order valence-corrected chi connectivity index (χ1v) is 30.2. The number of amides is 10. The van der Waals surface area contributed by atoms with Crippen LogP contribution in [0.15, 0.2) is 54.5 Å². The zero-order chi connectivity index (χ0) is 68.6. The number of nitrogens with zero attached hydrogens (tertiary/aromatic N) is 2. The van der Waals surface area contributed by atoms with Gasteiger partial charge in [-0.25, -0.2) is 4.79 Å². The number of carboxylic acid groups (broad SMARTS) is 1. The molecule has 3 saturated heterocycles. The van der Waals surface area contributed by atoms with Gasteiger partial charge in [-0.2, -0.15) is 0 Å². The lowest BCUT2D eigenvalue weighted by atomic mass is 9.90. The Labute approximate surface area is 532 Å². The smallest absolute Gasteiger partial charge is 0.331 e. The summed E-state index contributed by atoms with van der Waals surface area (Å²) in [6.07, 6.45) is -5.71. The number of carbonyl (C=O) groups is 12. The fourth-order valence-corrected chi connectivity index (χ4v) is 11.3. The van der Waals surface area contributed by atoms with Crippen molar-refractivity contribution in [2.75, 3.05) is 26.2 Å². The normalized spacial score (nSPS) is 26.7. The highest BCUT2D eigenvalue weighted by atomic mass is 16.5. The van der Waals surface area contributed by atoms with Crippen molar-refractivity contribution < 1.29 is 92.9 Å². The minimum Gasteiger partial charge on any atom is -0.480 e. The van der Waals surface area contributed by atoms with Crippen molar-refractivity contribution in [3.63, 3.8) is 0 Å². The van der Waals surface area contributed by atoms with E-state index in [1.807, 2.05) is 32.0 Å². The maximum atomic E-state index is 15.4. The van der Waals surface area contributed by atoms with Crippen LogP contribution in [0, 0.1) is 19.8 Å². The number of fused-ring (bicyclic) bond motifs is 4. The number of H-pyrrole nitrogens is 2. The molecule has 32 nitrogen and oxygen atoms in total. The summed E-state index contributed by atoms with van der Waals surface area (Å²) in [5.41, 5.74) is 8.68. The number of carboxylic acids is 1. The van der Waals surface area contributed by atoms with Crippen molar-refractivity contribution in [3.05, 3.63) is 76.7 Å². The minimum absolute atomic E-state index is 0.154. The lowest BCUT2D eigenvalue weighted by molar-refractivity contribution is -0.164. The van der Waals surface area contributed by atoms with Crippen LogP contribution in [0.3, 0.4) is 0 Å². The molecule has 3 aliphatic heterocycles. The van der Waals surface area contributed by atoms with E-state index in [1.54, 1.807) is 37.5 Å². The highest BCUT2D eigenvalue weighted by Gasteiger charge is 2.49. The van der Waals surface area contributed by atoms with Gasteiger partial charge < -0.3 is 103 Å². The Morgan fingerprint density at radius 3 is 1.96 bits per heavy atom. The van der Waals surface area contributed by atoms with E-state index in [0.717, 1.165) is 41.7 Å². The van der Waals surface area contributed by atoms with Gasteiger partial charge in [-0.1, -0.05) is 44.0 Å². The quantitative estimate of drug-likeness (QED) is 0.0444. The van der Waals surface area contributed by atoms with Crippen LogP contribution in [-0.4, -0.2) is 233 Å². The number of aliphatic hydroxyl groups excluding tert-OH is 5. The topological polar surface area (TPSA) is 496 Å². The molecule has 4 aromatic rings. The predicted octanol–water partition coefficient (Wildman–Crippen LogP) is -4.37. The van der Waals surface area contributed by atoms with Crippen LogP contribution in [-0.2, 0) is 62.3 Å². The molecule has 2 aromatic carbocycles. The Morgan fingerprint density at radius 2 is 1.33 bits per heavy atom. The van der Waals surface area contributed by atoms with E-state index in [1.165, 1.54) is 19.9 Å². The van der Waals surface area contributed by atoms with Crippen molar-refractivity contribution in [2.45, 2.75) is 165 Å².